The number of aliphatic hydroxyl groups excluding tert-OH is 1. The second-order valence-electron chi connectivity index (χ2n) is 10.5. The van der Waals surface area contributed by atoms with Crippen LogP contribution in [0, 0.1) is 0 Å². The smallest absolute Gasteiger partial charge is 0.295 e. The zero-order chi connectivity index (χ0) is 29.3. The van der Waals surface area contributed by atoms with Gasteiger partial charge in [0.1, 0.15) is 23.9 Å². The normalized spacial score (nSPS) is 18.8. The van der Waals surface area contributed by atoms with Gasteiger partial charge >= 0.3 is 0 Å². The molecule has 2 aliphatic heterocycles. The highest BCUT2D eigenvalue weighted by atomic mass is 16.5. The van der Waals surface area contributed by atoms with Crippen LogP contribution in [-0.4, -0.2) is 72.6 Å². The summed E-state index contributed by atoms with van der Waals surface area (Å²) in [6.07, 6.45) is 1.98. The number of Topliss-reactive ketones (excluding diaryl/α,β-unsaturated/α-hetero) is 1. The van der Waals surface area contributed by atoms with Crippen molar-refractivity contribution in [2.45, 2.75) is 32.4 Å². The third-order valence-corrected chi connectivity index (χ3v) is 7.64. The number of hydrogen-bond donors (Lipinski definition) is 1. The Balaban J connectivity index is 1.41. The zero-order valence-corrected chi connectivity index (χ0v) is 24.0. The van der Waals surface area contributed by atoms with Gasteiger partial charge in [-0.25, -0.2) is 0 Å². The first kappa shape index (κ1) is 29.4. The average Bonchev–Trinajstić information content (AvgIpc) is 3.29. The first-order chi connectivity index (χ1) is 20.5. The van der Waals surface area contributed by atoms with Gasteiger partial charge in [-0.2, -0.15) is 0 Å². The van der Waals surface area contributed by atoms with Crippen molar-refractivity contribution in [3.63, 3.8) is 0 Å². The molecule has 5 rings (SSSR count). The maximum absolute atomic E-state index is 13.4. The highest BCUT2D eigenvalue weighted by molar-refractivity contribution is 6.46. The summed E-state index contributed by atoms with van der Waals surface area (Å²) in [6.45, 7) is 6.93. The van der Waals surface area contributed by atoms with Gasteiger partial charge in [-0.05, 0) is 53.9 Å². The summed E-state index contributed by atoms with van der Waals surface area (Å²) in [5, 5.41) is 11.4. The molecule has 8 heteroatoms. The van der Waals surface area contributed by atoms with Gasteiger partial charge in [-0.3, -0.25) is 14.5 Å². The van der Waals surface area contributed by atoms with Gasteiger partial charge in [0.2, 0.25) is 0 Å². The first-order valence-electron chi connectivity index (χ1n) is 14.6. The number of carbonyl (C=O) groups is 2. The second-order valence-corrected chi connectivity index (χ2v) is 10.5. The van der Waals surface area contributed by atoms with E-state index in [2.05, 4.69) is 11.8 Å². The Bertz CT molecular complexity index is 1370. The molecule has 0 spiro atoms. The fourth-order valence-electron chi connectivity index (χ4n) is 5.22. The number of nitrogens with zero attached hydrogens (tertiary/aromatic N) is 2. The lowest BCUT2D eigenvalue weighted by Crippen LogP contribution is -2.42. The molecule has 3 aromatic rings. The van der Waals surface area contributed by atoms with Crippen LogP contribution < -0.4 is 9.47 Å². The van der Waals surface area contributed by atoms with Gasteiger partial charge in [-0.1, -0.05) is 55.8 Å². The molecule has 0 radical (unpaired) electrons. The fraction of sp³-hybridized carbons (Fsp3) is 0.353. The molecule has 0 bridgehead atoms. The number of unbranched alkanes of at least 4 members (excludes halogenated alkanes) is 1. The van der Waals surface area contributed by atoms with E-state index >= 15 is 0 Å². The molecule has 1 N–H and O–H groups in total. The summed E-state index contributed by atoms with van der Waals surface area (Å²) in [6, 6.07) is 23.5. The topological polar surface area (TPSA) is 88.5 Å². The number of hydrogen-bond acceptors (Lipinski definition) is 7. The van der Waals surface area contributed by atoms with Crippen LogP contribution in [0.4, 0.5) is 0 Å². The summed E-state index contributed by atoms with van der Waals surface area (Å²) in [7, 11) is 0. The third kappa shape index (κ3) is 7.01. The van der Waals surface area contributed by atoms with Crippen LogP contribution in [0.15, 0.2) is 84.4 Å². The van der Waals surface area contributed by atoms with Crippen molar-refractivity contribution in [1.82, 2.24) is 9.80 Å². The summed E-state index contributed by atoms with van der Waals surface area (Å²) < 4.78 is 17.2. The summed E-state index contributed by atoms with van der Waals surface area (Å²) in [5.74, 6) is -0.136. The number of morpholine rings is 1. The molecule has 2 aliphatic rings. The van der Waals surface area contributed by atoms with Crippen LogP contribution in [0.3, 0.4) is 0 Å². The van der Waals surface area contributed by atoms with Crippen LogP contribution in [-0.2, 0) is 20.9 Å². The summed E-state index contributed by atoms with van der Waals surface area (Å²) in [4.78, 5) is 30.6. The van der Waals surface area contributed by atoms with E-state index in [9.17, 15) is 14.7 Å². The van der Waals surface area contributed by atoms with E-state index in [4.69, 9.17) is 14.2 Å². The van der Waals surface area contributed by atoms with E-state index in [1.165, 1.54) is 0 Å². The van der Waals surface area contributed by atoms with Crippen molar-refractivity contribution in [2.24, 2.45) is 0 Å². The lowest BCUT2D eigenvalue weighted by Gasteiger charge is -2.31. The average molecular weight is 571 g/mol. The Morgan fingerprint density at radius 2 is 1.55 bits per heavy atom. The maximum atomic E-state index is 13.4. The molecule has 1 unspecified atom stereocenters. The molecule has 8 nitrogen and oxygen atoms in total. The monoisotopic (exact) mass is 570 g/mol. The molecule has 0 aliphatic carbocycles. The number of carbonyl (C=O) groups excluding carboxylic acids is 2. The van der Waals surface area contributed by atoms with Crippen molar-refractivity contribution < 1.29 is 28.9 Å². The largest absolute Gasteiger partial charge is 0.507 e. The number of benzene rings is 3. The van der Waals surface area contributed by atoms with E-state index in [1.54, 1.807) is 29.2 Å². The lowest BCUT2D eigenvalue weighted by atomic mass is 9.95. The number of ketones is 1. The van der Waals surface area contributed by atoms with E-state index in [0.717, 1.165) is 37.1 Å². The Labute approximate surface area is 247 Å². The van der Waals surface area contributed by atoms with Crippen LogP contribution >= 0.6 is 0 Å². The molecule has 1 amide bonds. The molecule has 0 saturated carbocycles. The lowest BCUT2D eigenvalue weighted by molar-refractivity contribution is -0.140. The summed E-state index contributed by atoms with van der Waals surface area (Å²) in [5.41, 5.74) is 2.32. The van der Waals surface area contributed by atoms with Gasteiger partial charge in [0.25, 0.3) is 11.7 Å². The SMILES string of the molecule is CCCCOc1ccc(C(O)=C2C(=O)C(=O)N(CCN3CCOCC3)C2c2ccc(OCc3ccccc3)cc2)cc1. The Morgan fingerprint density at radius 1 is 0.881 bits per heavy atom. The highest BCUT2D eigenvalue weighted by Gasteiger charge is 2.46. The van der Waals surface area contributed by atoms with Gasteiger partial charge in [-0.15, -0.1) is 0 Å². The van der Waals surface area contributed by atoms with E-state index in [-0.39, 0.29) is 11.3 Å². The van der Waals surface area contributed by atoms with Crippen molar-refractivity contribution in [3.05, 3.63) is 101 Å². The molecular weight excluding hydrogens is 532 g/mol. The predicted molar refractivity (Wildman–Crippen MR) is 160 cm³/mol. The van der Waals surface area contributed by atoms with Gasteiger partial charge < -0.3 is 24.2 Å². The van der Waals surface area contributed by atoms with Crippen LogP contribution in [0.25, 0.3) is 5.76 Å². The number of amides is 1. The van der Waals surface area contributed by atoms with Crippen molar-refractivity contribution in [3.8, 4) is 11.5 Å². The molecule has 42 heavy (non-hydrogen) atoms. The zero-order valence-electron chi connectivity index (χ0n) is 24.0. The predicted octanol–water partition coefficient (Wildman–Crippen LogP) is 5.20. The number of likely N-dealkylation sites (tertiary alicyclic amines) is 1. The van der Waals surface area contributed by atoms with Crippen LogP contribution in [0.5, 0.6) is 11.5 Å². The summed E-state index contributed by atoms with van der Waals surface area (Å²) >= 11 is 0. The maximum Gasteiger partial charge on any atom is 0.295 e. The number of ether oxygens (including phenoxy) is 3. The van der Waals surface area contributed by atoms with E-state index in [0.29, 0.717) is 56.6 Å². The highest BCUT2D eigenvalue weighted by Crippen LogP contribution is 2.40. The van der Waals surface area contributed by atoms with Crippen LogP contribution in [0.1, 0.15) is 42.5 Å². The molecule has 2 heterocycles. The van der Waals surface area contributed by atoms with Gasteiger partial charge in [0, 0.05) is 31.7 Å². The standard InChI is InChI=1S/C34H38N2O6/c1-2-3-21-41-28-15-11-27(12-16-28)32(37)30-31(36(34(39)33(30)38)18-17-35-19-22-40-23-20-35)26-9-13-29(14-10-26)42-24-25-7-5-4-6-8-25/h4-16,31,37H,2-3,17-24H2,1H3. The van der Waals surface area contributed by atoms with Crippen molar-refractivity contribution in [1.29, 1.82) is 0 Å². The minimum Gasteiger partial charge on any atom is -0.507 e. The third-order valence-electron chi connectivity index (χ3n) is 7.64. The quantitative estimate of drug-likeness (QED) is 0.139. The molecule has 2 fully saturated rings. The second kappa shape index (κ2) is 14.2. The fourth-order valence-corrected chi connectivity index (χ4v) is 5.22. The van der Waals surface area contributed by atoms with E-state index in [1.807, 2.05) is 54.6 Å². The van der Waals surface area contributed by atoms with Crippen molar-refractivity contribution >= 4 is 17.4 Å². The van der Waals surface area contributed by atoms with Gasteiger partial charge in [0.15, 0.2) is 0 Å². The van der Waals surface area contributed by atoms with Crippen LogP contribution in [0.2, 0.25) is 0 Å². The molecule has 1 atom stereocenters. The van der Waals surface area contributed by atoms with E-state index < -0.39 is 17.7 Å². The molecule has 2 saturated heterocycles. The van der Waals surface area contributed by atoms with Gasteiger partial charge in [0.05, 0.1) is 31.4 Å². The number of aliphatic hydroxyl groups is 1. The van der Waals surface area contributed by atoms with Crippen molar-refractivity contribution in [2.75, 3.05) is 46.0 Å². The minimum absolute atomic E-state index is 0.0829. The minimum atomic E-state index is -0.727. The number of rotatable bonds is 12. The first-order valence-corrected chi connectivity index (χ1v) is 14.6. The molecule has 0 aromatic heterocycles. The molecule has 220 valence electrons. The Morgan fingerprint density at radius 3 is 2.24 bits per heavy atom. The molecule has 3 aromatic carbocycles. The molecular formula is C34H38N2O6. The Kier molecular flexibility index (Phi) is 9.90. The Hall–Kier alpha value is -4.14.